The average Bonchev–Trinajstić information content (AvgIpc) is 2.61. The van der Waals surface area contributed by atoms with Gasteiger partial charge in [0.2, 0.25) is 5.91 Å². The monoisotopic (exact) mass is 384 g/mol. The molecule has 1 amide bonds. The molecule has 150 valence electrons. The quantitative estimate of drug-likeness (QED) is 0.560. The van der Waals surface area contributed by atoms with Gasteiger partial charge < -0.3 is 29.0 Å². The fourth-order valence-corrected chi connectivity index (χ4v) is 2.35. The van der Waals surface area contributed by atoms with Crippen molar-refractivity contribution in [3.8, 4) is 5.75 Å². The van der Waals surface area contributed by atoms with Crippen molar-refractivity contribution in [3.05, 3.63) is 18.2 Å². The smallest absolute Gasteiger partial charge is 0.495 e. The summed E-state index contributed by atoms with van der Waals surface area (Å²) in [6, 6.07) is 4.84. The summed E-state index contributed by atoms with van der Waals surface area (Å²) in [6.45, 7) is 4.48. The number of hydrogen-bond donors (Lipinski definition) is 1. The third kappa shape index (κ3) is 6.24. The van der Waals surface area contributed by atoms with E-state index in [-0.39, 0.29) is 5.91 Å². The Morgan fingerprint density at radius 2 is 1.48 bits per heavy atom. The summed E-state index contributed by atoms with van der Waals surface area (Å²) in [5.41, 5.74) is 0.871. The molecule has 1 rings (SSSR count). The van der Waals surface area contributed by atoms with Gasteiger partial charge in [-0.05, 0) is 32.0 Å². The van der Waals surface area contributed by atoms with Crippen LogP contribution in [0.5, 0.6) is 5.75 Å². The number of ether oxygens (including phenoxy) is 5. The van der Waals surface area contributed by atoms with Crippen LogP contribution in [0.15, 0.2) is 18.2 Å². The lowest BCUT2D eigenvalue weighted by Crippen LogP contribution is -2.45. The maximum atomic E-state index is 11.5. The molecule has 0 aliphatic carbocycles. The molecule has 1 aromatic carbocycles. The number of hydrogen-bond acceptors (Lipinski definition) is 9. The van der Waals surface area contributed by atoms with E-state index >= 15 is 0 Å². The number of anilines is 2. The largest absolute Gasteiger partial charge is 0.509 e. The van der Waals surface area contributed by atoms with Gasteiger partial charge in [-0.25, -0.2) is 9.59 Å². The zero-order chi connectivity index (χ0) is 20.6. The van der Waals surface area contributed by atoms with Gasteiger partial charge >= 0.3 is 12.3 Å². The predicted octanol–water partition coefficient (Wildman–Crippen LogP) is 2.72. The Balaban J connectivity index is 3.36. The molecular weight excluding hydrogens is 360 g/mol. The molecule has 1 aromatic rings. The third-order valence-electron chi connectivity index (χ3n) is 3.43. The topological polar surface area (TPSA) is 113 Å². The van der Waals surface area contributed by atoms with Gasteiger partial charge in [0.15, 0.2) is 12.5 Å². The highest BCUT2D eigenvalue weighted by atomic mass is 16.7. The fraction of sp³-hybridized carbons (Fsp3) is 0.471. The predicted molar refractivity (Wildman–Crippen MR) is 95.7 cm³/mol. The van der Waals surface area contributed by atoms with E-state index in [0.29, 0.717) is 17.1 Å². The highest BCUT2D eigenvalue weighted by molar-refractivity contribution is 5.89. The van der Waals surface area contributed by atoms with Crippen molar-refractivity contribution in [2.75, 3.05) is 31.5 Å². The summed E-state index contributed by atoms with van der Waals surface area (Å²) < 4.78 is 24.7. The van der Waals surface area contributed by atoms with Crippen molar-refractivity contribution in [2.24, 2.45) is 0 Å². The van der Waals surface area contributed by atoms with Crippen molar-refractivity contribution >= 4 is 29.6 Å². The molecule has 0 spiro atoms. The molecule has 27 heavy (non-hydrogen) atoms. The van der Waals surface area contributed by atoms with Crippen molar-refractivity contribution in [2.45, 2.75) is 33.2 Å². The maximum absolute atomic E-state index is 11.5. The molecule has 10 heteroatoms. The van der Waals surface area contributed by atoms with E-state index < -0.39 is 24.8 Å². The standard InChI is InChI=1S/C17H24N2O8/c1-10(20)18-13-7-8-15(23-4)14(9-13)19(11(2)26-16(21)24-5)12(3)27-17(22)25-6/h7-9,11-12H,1-6H3,(H,18,20). The summed E-state index contributed by atoms with van der Waals surface area (Å²) in [7, 11) is 3.80. The van der Waals surface area contributed by atoms with E-state index in [2.05, 4.69) is 14.8 Å². The molecule has 0 heterocycles. The van der Waals surface area contributed by atoms with Crippen LogP contribution < -0.4 is 15.0 Å². The Bertz CT molecular complexity index is 655. The molecule has 1 N–H and O–H groups in total. The minimum Gasteiger partial charge on any atom is -0.495 e. The van der Waals surface area contributed by atoms with E-state index in [0.717, 1.165) is 0 Å². The van der Waals surface area contributed by atoms with Crippen LogP contribution in [0.1, 0.15) is 20.8 Å². The molecule has 0 fully saturated rings. The molecule has 0 aliphatic heterocycles. The summed E-state index contributed by atoms with van der Waals surface area (Å²) in [5, 5.41) is 2.65. The molecule has 0 saturated heterocycles. The minimum absolute atomic E-state index is 0.268. The number of carbonyl (C=O) groups is 3. The number of methoxy groups -OCH3 is 3. The zero-order valence-electron chi connectivity index (χ0n) is 16.1. The molecule has 0 bridgehead atoms. The van der Waals surface area contributed by atoms with Crippen LogP contribution in [0.4, 0.5) is 21.0 Å². The Hall–Kier alpha value is -3.17. The van der Waals surface area contributed by atoms with Crippen LogP contribution in [0, 0.1) is 0 Å². The first-order chi connectivity index (χ1) is 12.7. The molecule has 2 atom stereocenters. The van der Waals surface area contributed by atoms with Crippen molar-refractivity contribution in [3.63, 3.8) is 0 Å². The molecule has 0 radical (unpaired) electrons. The lowest BCUT2D eigenvalue weighted by atomic mass is 10.2. The highest BCUT2D eigenvalue weighted by Crippen LogP contribution is 2.34. The normalized spacial score (nSPS) is 12.2. The molecule has 2 unspecified atom stereocenters. The number of nitrogens with one attached hydrogen (secondary N) is 1. The fourth-order valence-electron chi connectivity index (χ4n) is 2.35. The summed E-state index contributed by atoms with van der Waals surface area (Å²) in [6.07, 6.45) is -3.68. The number of rotatable bonds is 7. The van der Waals surface area contributed by atoms with Gasteiger partial charge in [0.1, 0.15) is 5.75 Å². The lowest BCUT2D eigenvalue weighted by Gasteiger charge is -2.35. The molecule has 10 nitrogen and oxygen atoms in total. The van der Waals surface area contributed by atoms with E-state index in [1.54, 1.807) is 32.0 Å². The van der Waals surface area contributed by atoms with Crippen LogP contribution in [0.2, 0.25) is 0 Å². The molecule has 0 aliphatic rings. The zero-order valence-corrected chi connectivity index (χ0v) is 16.1. The Morgan fingerprint density at radius 1 is 0.963 bits per heavy atom. The molecule has 0 saturated carbocycles. The summed E-state index contributed by atoms with van der Waals surface area (Å²) in [5.74, 6) is 0.125. The number of nitrogens with zero attached hydrogens (tertiary/aromatic N) is 1. The van der Waals surface area contributed by atoms with Crippen LogP contribution in [-0.4, -0.2) is 52.0 Å². The van der Waals surface area contributed by atoms with Crippen molar-refractivity contribution in [1.82, 2.24) is 0 Å². The first-order valence-corrected chi connectivity index (χ1v) is 7.96. The number of benzene rings is 1. The Labute approximate surface area is 157 Å². The second kappa shape index (κ2) is 10.1. The van der Waals surface area contributed by atoms with Gasteiger partial charge in [-0.3, -0.25) is 9.69 Å². The third-order valence-corrected chi connectivity index (χ3v) is 3.43. The molecular formula is C17H24N2O8. The van der Waals surface area contributed by atoms with E-state index in [4.69, 9.17) is 14.2 Å². The number of amides is 1. The van der Waals surface area contributed by atoms with E-state index in [9.17, 15) is 14.4 Å². The minimum atomic E-state index is -0.922. The first kappa shape index (κ1) is 21.9. The van der Waals surface area contributed by atoms with Gasteiger partial charge in [-0.15, -0.1) is 0 Å². The van der Waals surface area contributed by atoms with Crippen LogP contribution in [-0.2, 0) is 23.7 Å². The summed E-state index contributed by atoms with van der Waals surface area (Å²) >= 11 is 0. The highest BCUT2D eigenvalue weighted by Gasteiger charge is 2.29. The Kier molecular flexibility index (Phi) is 8.18. The van der Waals surface area contributed by atoms with Gasteiger partial charge in [0.25, 0.3) is 0 Å². The van der Waals surface area contributed by atoms with Gasteiger partial charge in [0.05, 0.1) is 27.0 Å². The van der Waals surface area contributed by atoms with Crippen LogP contribution >= 0.6 is 0 Å². The van der Waals surface area contributed by atoms with E-state index in [1.807, 2.05) is 0 Å². The summed E-state index contributed by atoms with van der Waals surface area (Å²) in [4.78, 5) is 35.9. The molecule has 0 aromatic heterocycles. The van der Waals surface area contributed by atoms with Crippen LogP contribution in [0.25, 0.3) is 0 Å². The lowest BCUT2D eigenvalue weighted by molar-refractivity contribution is -0.114. The van der Waals surface area contributed by atoms with Crippen LogP contribution in [0.3, 0.4) is 0 Å². The maximum Gasteiger partial charge on any atom is 0.509 e. The second-order valence-electron chi connectivity index (χ2n) is 5.32. The van der Waals surface area contributed by atoms with Crippen molar-refractivity contribution < 1.29 is 38.1 Å². The van der Waals surface area contributed by atoms with Crippen molar-refractivity contribution in [1.29, 1.82) is 0 Å². The average molecular weight is 384 g/mol. The van der Waals surface area contributed by atoms with E-state index in [1.165, 1.54) is 33.2 Å². The SMILES string of the molecule is COC(=O)OC(C)N(c1cc(NC(C)=O)ccc1OC)C(C)OC(=O)OC. The van der Waals surface area contributed by atoms with Gasteiger partial charge in [0, 0.05) is 12.6 Å². The van der Waals surface area contributed by atoms with Gasteiger partial charge in [-0.2, -0.15) is 0 Å². The number of carbonyl (C=O) groups excluding carboxylic acids is 3. The first-order valence-electron chi connectivity index (χ1n) is 7.96. The Morgan fingerprint density at radius 3 is 1.89 bits per heavy atom. The van der Waals surface area contributed by atoms with Gasteiger partial charge in [-0.1, -0.05) is 0 Å². The second-order valence-corrected chi connectivity index (χ2v) is 5.32.